The van der Waals surface area contributed by atoms with E-state index >= 15 is 0 Å². The van der Waals surface area contributed by atoms with E-state index in [1.807, 2.05) is 51.1 Å². The normalized spacial score (nSPS) is 14.1. The number of ketones is 1. The molecule has 0 saturated heterocycles. The standard InChI is InChI=1S/C22H26N2O4/c1-4-17(23-14(2)3)21(26)16-10-11-18(20-22(16)28-13-19(25)24-20)27-12-15-8-6-5-7-9-15/h5-11,14,17,23H,4,12-13H2,1-3H3,(H,24,25). The van der Waals surface area contributed by atoms with Crippen molar-refractivity contribution in [1.82, 2.24) is 5.32 Å². The van der Waals surface area contributed by atoms with E-state index in [2.05, 4.69) is 10.6 Å². The van der Waals surface area contributed by atoms with Crippen molar-refractivity contribution in [2.24, 2.45) is 0 Å². The minimum Gasteiger partial charge on any atom is -0.487 e. The highest BCUT2D eigenvalue weighted by molar-refractivity contribution is 6.07. The monoisotopic (exact) mass is 382 g/mol. The Morgan fingerprint density at radius 3 is 2.64 bits per heavy atom. The molecule has 0 saturated carbocycles. The van der Waals surface area contributed by atoms with Gasteiger partial charge in [0.25, 0.3) is 5.91 Å². The van der Waals surface area contributed by atoms with Crippen molar-refractivity contribution in [3.05, 3.63) is 53.6 Å². The second-order valence-electron chi connectivity index (χ2n) is 7.07. The number of hydrogen-bond donors (Lipinski definition) is 2. The van der Waals surface area contributed by atoms with Gasteiger partial charge in [0.15, 0.2) is 18.1 Å². The highest BCUT2D eigenvalue weighted by Crippen LogP contribution is 2.40. The summed E-state index contributed by atoms with van der Waals surface area (Å²) >= 11 is 0. The molecule has 2 aromatic carbocycles. The molecule has 0 aromatic heterocycles. The van der Waals surface area contributed by atoms with Crippen LogP contribution in [0.15, 0.2) is 42.5 Å². The molecule has 28 heavy (non-hydrogen) atoms. The Hall–Kier alpha value is -2.86. The molecule has 0 radical (unpaired) electrons. The van der Waals surface area contributed by atoms with E-state index < -0.39 is 0 Å². The second kappa shape index (κ2) is 8.89. The third-order valence-electron chi connectivity index (χ3n) is 4.49. The largest absolute Gasteiger partial charge is 0.487 e. The minimum absolute atomic E-state index is 0.0572. The predicted octanol–water partition coefficient (Wildman–Crippen LogP) is 3.56. The molecule has 6 nitrogen and oxygen atoms in total. The molecule has 1 heterocycles. The van der Waals surface area contributed by atoms with Crippen molar-refractivity contribution in [2.45, 2.75) is 45.9 Å². The first-order valence-corrected chi connectivity index (χ1v) is 9.56. The van der Waals surface area contributed by atoms with Gasteiger partial charge in [-0.1, -0.05) is 51.1 Å². The van der Waals surface area contributed by atoms with E-state index in [4.69, 9.17) is 9.47 Å². The summed E-state index contributed by atoms with van der Waals surface area (Å²) in [6.45, 7) is 6.20. The topological polar surface area (TPSA) is 76.7 Å². The zero-order valence-electron chi connectivity index (χ0n) is 16.5. The molecule has 1 aliphatic rings. The van der Waals surface area contributed by atoms with E-state index in [1.54, 1.807) is 12.1 Å². The summed E-state index contributed by atoms with van der Waals surface area (Å²) in [5, 5.41) is 6.08. The number of nitrogens with one attached hydrogen (secondary N) is 2. The maximum atomic E-state index is 13.1. The molecule has 1 aliphatic heterocycles. The van der Waals surface area contributed by atoms with Gasteiger partial charge in [-0.3, -0.25) is 9.59 Å². The predicted molar refractivity (Wildman–Crippen MR) is 108 cm³/mol. The lowest BCUT2D eigenvalue weighted by molar-refractivity contribution is -0.118. The van der Waals surface area contributed by atoms with Crippen LogP contribution in [0, 0.1) is 0 Å². The zero-order valence-corrected chi connectivity index (χ0v) is 16.5. The van der Waals surface area contributed by atoms with Gasteiger partial charge in [0.05, 0.1) is 11.6 Å². The van der Waals surface area contributed by atoms with Crippen molar-refractivity contribution in [2.75, 3.05) is 11.9 Å². The van der Waals surface area contributed by atoms with E-state index in [0.29, 0.717) is 35.8 Å². The van der Waals surface area contributed by atoms with Crippen LogP contribution in [-0.2, 0) is 11.4 Å². The lowest BCUT2D eigenvalue weighted by Gasteiger charge is -2.25. The Balaban J connectivity index is 1.90. The van der Waals surface area contributed by atoms with Crippen LogP contribution in [0.25, 0.3) is 0 Å². The first kappa shape index (κ1) is 19.9. The number of hydrogen-bond acceptors (Lipinski definition) is 5. The van der Waals surface area contributed by atoms with E-state index in [0.717, 1.165) is 5.56 Å². The summed E-state index contributed by atoms with van der Waals surface area (Å²) in [5.74, 6) is 0.528. The molecule has 1 amide bonds. The van der Waals surface area contributed by atoms with Crippen LogP contribution in [0.3, 0.4) is 0 Å². The molecule has 2 N–H and O–H groups in total. The Kier molecular flexibility index (Phi) is 6.31. The number of amides is 1. The van der Waals surface area contributed by atoms with Crippen LogP contribution in [-0.4, -0.2) is 30.4 Å². The summed E-state index contributed by atoms with van der Waals surface area (Å²) in [6, 6.07) is 13.0. The third-order valence-corrected chi connectivity index (χ3v) is 4.49. The Labute approximate surface area is 165 Å². The fourth-order valence-electron chi connectivity index (χ4n) is 3.16. The third kappa shape index (κ3) is 4.51. The first-order valence-electron chi connectivity index (χ1n) is 9.56. The highest BCUT2D eigenvalue weighted by Gasteiger charge is 2.29. The van der Waals surface area contributed by atoms with E-state index in [-0.39, 0.29) is 30.4 Å². The highest BCUT2D eigenvalue weighted by atomic mass is 16.5. The van der Waals surface area contributed by atoms with Gasteiger partial charge in [-0.25, -0.2) is 0 Å². The van der Waals surface area contributed by atoms with Crippen molar-refractivity contribution >= 4 is 17.4 Å². The fourth-order valence-corrected chi connectivity index (χ4v) is 3.16. The van der Waals surface area contributed by atoms with Crippen LogP contribution in [0.2, 0.25) is 0 Å². The maximum Gasteiger partial charge on any atom is 0.262 e. The van der Waals surface area contributed by atoms with Gasteiger partial charge >= 0.3 is 0 Å². The van der Waals surface area contributed by atoms with Crippen molar-refractivity contribution in [3.8, 4) is 11.5 Å². The van der Waals surface area contributed by atoms with Gasteiger partial charge in [-0.2, -0.15) is 0 Å². The molecular formula is C22H26N2O4. The minimum atomic E-state index is -0.318. The molecule has 1 unspecified atom stereocenters. The Bertz CT molecular complexity index is 849. The number of anilines is 1. The maximum absolute atomic E-state index is 13.1. The van der Waals surface area contributed by atoms with Gasteiger partial charge in [0.1, 0.15) is 18.0 Å². The van der Waals surface area contributed by atoms with Gasteiger partial charge in [-0.05, 0) is 24.1 Å². The summed E-state index contributed by atoms with van der Waals surface area (Å²) in [4.78, 5) is 24.9. The average molecular weight is 382 g/mol. The number of rotatable bonds is 8. The molecule has 2 aromatic rings. The molecule has 0 bridgehead atoms. The summed E-state index contributed by atoms with van der Waals surface area (Å²) < 4.78 is 11.5. The molecular weight excluding hydrogens is 356 g/mol. The van der Waals surface area contributed by atoms with Gasteiger partial charge in [0.2, 0.25) is 0 Å². The van der Waals surface area contributed by atoms with Gasteiger partial charge in [0, 0.05) is 6.04 Å². The molecule has 148 valence electrons. The molecule has 6 heteroatoms. The van der Waals surface area contributed by atoms with Gasteiger partial charge < -0.3 is 20.1 Å². The van der Waals surface area contributed by atoms with E-state index in [9.17, 15) is 9.59 Å². The van der Waals surface area contributed by atoms with Crippen LogP contribution >= 0.6 is 0 Å². The van der Waals surface area contributed by atoms with Crippen LogP contribution in [0.1, 0.15) is 43.1 Å². The number of carbonyl (C=O) groups excluding carboxylic acids is 2. The second-order valence-corrected chi connectivity index (χ2v) is 7.07. The molecule has 1 atom stereocenters. The Morgan fingerprint density at radius 2 is 1.96 bits per heavy atom. The summed E-state index contributed by atoms with van der Waals surface area (Å²) in [7, 11) is 0. The van der Waals surface area contributed by atoms with Crippen LogP contribution in [0.5, 0.6) is 11.5 Å². The smallest absolute Gasteiger partial charge is 0.262 e. The molecule has 0 spiro atoms. The molecule has 3 rings (SSSR count). The van der Waals surface area contributed by atoms with Crippen molar-refractivity contribution in [1.29, 1.82) is 0 Å². The lowest BCUT2D eigenvalue weighted by atomic mass is 9.99. The quantitative estimate of drug-likeness (QED) is 0.683. The number of carbonyl (C=O) groups is 2. The number of fused-ring (bicyclic) bond motifs is 1. The molecule has 0 fully saturated rings. The number of benzene rings is 2. The van der Waals surface area contributed by atoms with Crippen LogP contribution in [0.4, 0.5) is 5.69 Å². The number of ether oxygens (including phenoxy) is 2. The molecule has 0 aliphatic carbocycles. The Morgan fingerprint density at radius 1 is 1.21 bits per heavy atom. The van der Waals surface area contributed by atoms with Crippen molar-refractivity contribution < 1.29 is 19.1 Å². The first-order chi connectivity index (χ1) is 13.5. The van der Waals surface area contributed by atoms with E-state index in [1.165, 1.54) is 0 Å². The summed E-state index contributed by atoms with van der Waals surface area (Å²) in [5.41, 5.74) is 1.87. The SMILES string of the molecule is CCC(NC(C)C)C(=O)c1ccc(OCc2ccccc2)c2c1OCC(=O)N2. The zero-order chi connectivity index (χ0) is 20.1. The summed E-state index contributed by atoms with van der Waals surface area (Å²) in [6.07, 6.45) is 0.657. The fraction of sp³-hybridized carbons (Fsp3) is 0.364. The lowest BCUT2D eigenvalue weighted by Crippen LogP contribution is -2.41. The average Bonchev–Trinajstić information content (AvgIpc) is 2.70. The van der Waals surface area contributed by atoms with Crippen molar-refractivity contribution in [3.63, 3.8) is 0 Å². The number of Topliss-reactive ketones (excluding diaryl/α,β-unsaturated/α-hetero) is 1. The van der Waals surface area contributed by atoms with Crippen LogP contribution < -0.4 is 20.1 Å². The van der Waals surface area contributed by atoms with Gasteiger partial charge in [-0.15, -0.1) is 0 Å².